The van der Waals surface area contributed by atoms with E-state index in [0.717, 1.165) is 38.8 Å². The fraction of sp³-hybridized carbons (Fsp3) is 0.600. The van der Waals surface area contributed by atoms with Gasteiger partial charge in [-0.15, -0.1) is 0 Å². The Morgan fingerprint density at radius 3 is 2.95 bits per heavy atom. The minimum absolute atomic E-state index is 0.123. The summed E-state index contributed by atoms with van der Waals surface area (Å²) in [6, 6.07) is 2.10. The van der Waals surface area contributed by atoms with Crippen LogP contribution in [0.1, 0.15) is 36.0 Å². The number of nitrogens with zero attached hydrogens (tertiary/aromatic N) is 2. The number of β-amino-alcohol motifs (C(OH)–C–C–N with tert-alkyl or cyclic N) is 1. The molecule has 1 unspecified atom stereocenters. The van der Waals surface area contributed by atoms with E-state index in [-0.39, 0.29) is 18.1 Å². The fourth-order valence-corrected chi connectivity index (χ4v) is 3.58. The number of carbonyl (C=O) groups is 1. The Morgan fingerprint density at radius 2 is 2.24 bits per heavy atom. The van der Waals surface area contributed by atoms with Crippen molar-refractivity contribution in [1.82, 2.24) is 15.2 Å². The summed E-state index contributed by atoms with van der Waals surface area (Å²) >= 11 is 5.88. The number of rotatable bonds is 3. The number of hydrogen-bond donors (Lipinski definition) is 2. The minimum Gasteiger partial charge on any atom is -0.392 e. The standard InChI is InChI=1S/C15H20ClN3O2/c16-11-6-10(7-17-8-11)15(21)18-13-2-1-3-14(13)19-5-4-12(20)9-19/h6-8,12-14,20H,1-5,9H2,(H,18,21)/t12?,13-,14+/m1/s1. The van der Waals surface area contributed by atoms with Gasteiger partial charge in [-0.25, -0.2) is 0 Å². The van der Waals surface area contributed by atoms with E-state index in [4.69, 9.17) is 11.6 Å². The second kappa shape index (κ2) is 6.30. The summed E-state index contributed by atoms with van der Waals surface area (Å²) in [7, 11) is 0. The predicted octanol–water partition coefficient (Wildman–Crippen LogP) is 1.45. The van der Waals surface area contributed by atoms with E-state index in [9.17, 15) is 9.90 Å². The summed E-state index contributed by atoms with van der Waals surface area (Å²) < 4.78 is 0. The van der Waals surface area contributed by atoms with Crippen LogP contribution in [0.5, 0.6) is 0 Å². The van der Waals surface area contributed by atoms with Crippen molar-refractivity contribution in [2.75, 3.05) is 13.1 Å². The molecule has 21 heavy (non-hydrogen) atoms. The summed E-state index contributed by atoms with van der Waals surface area (Å²) in [5, 5.41) is 13.3. The number of aromatic nitrogens is 1. The maximum Gasteiger partial charge on any atom is 0.253 e. The third-order valence-corrected chi connectivity index (χ3v) is 4.63. The molecule has 6 heteroatoms. The molecule has 3 rings (SSSR count). The number of likely N-dealkylation sites (tertiary alicyclic amines) is 1. The fourth-order valence-electron chi connectivity index (χ4n) is 3.40. The van der Waals surface area contributed by atoms with E-state index in [1.807, 2.05) is 0 Å². The highest BCUT2D eigenvalue weighted by Gasteiger charge is 2.36. The lowest BCUT2D eigenvalue weighted by Gasteiger charge is -2.29. The Balaban J connectivity index is 1.64. The number of aliphatic hydroxyl groups is 1. The van der Waals surface area contributed by atoms with Crippen molar-refractivity contribution in [3.05, 3.63) is 29.0 Å². The Morgan fingerprint density at radius 1 is 1.38 bits per heavy atom. The predicted molar refractivity (Wildman–Crippen MR) is 80.3 cm³/mol. The number of carbonyl (C=O) groups excluding carboxylic acids is 1. The molecule has 1 saturated carbocycles. The lowest BCUT2D eigenvalue weighted by atomic mass is 10.1. The molecule has 5 nitrogen and oxygen atoms in total. The highest BCUT2D eigenvalue weighted by atomic mass is 35.5. The van der Waals surface area contributed by atoms with Crippen molar-refractivity contribution in [2.24, 2.45) is 0 Å². The zero-order valence-corrected chi connectivity index (χ0v) is 12.6. The average Bonchev–Trinajstić information content (AvgIpc) is 3.07. The van der Waals surface area contributed by atoms with Gasteiger partial charge in [0.1, 0.15) is 0 Å². The van der Waals surface area contributed by atoms with E-state index in [0.29, 0.717) is 16.6 Å². The molecule has 0 spiro atoms. The smallest absolute Gasteiger partial charge is 0.253 e. The lowest BCUT2D eigenvalue weighted by molar-refractivity contribution is 0.0905. The van der Waals surface area contributed by atoms with Crippen LogP contribution in [0, 0.1) is 0 Å². The molecule has 1 amide bonds. The van der Waals surface area contributed by atoms with Crippen molar-refractivity contribution in [2.45, 2.75) is 43.9 Å². The van der Waals surface area contributed by atoms with Crippen LogP contribution in [0.3, 0.4) is 0 Å². The van der Waals surface area contributed by atoms with Gasteiger partial charge in [0.05, 0.1) is 16.7 Å². The van der Waals surface area contributed by atoms with Crippen molar-refractivity contribution in [3.63, 3.8) is 0 Å². The van der Waals surface area contributed by atoms with Crippen LogP contribution in [0.2, 0.25) is 5.02 Å². The number of aliphatic hydroxyl groups excluding tert-OH is 1. The van der Waals surface area contributed by atoms with Crippen LogP contribution in [-0.2, 0) is 0 Å². The molecular weight excluding hydrogens is 290 g/mol. The molecule has 1 saturated heterocycles. The average molecular weight is 310 g/mol. The Bertz CT molecular complexity index is 525. The van der Waals surface area contributed by atoms with Crippen LogP contribution in [0.15, 0.2) is 18.5 Å². The number of amides is 1. The number of pyridine rings is 1. The van der Waals surface area contributed by atoms with E-state index in [2.05, 4.69) is 15.2 Å². The van der Waals surface area contributed by atoms with Gasteiger partial charge in [0.2, 0.25) is 0 Å². The SMILES string of the molecule is O=C(N[C@@H]1CCC[C@@H]1N1CCC(O)C1)c1cncc(Cl)c1. The first-order valence-electron chi connectivity index (χ1n) is 7.47. The molecule has 0 aromatic carbocycles. The maximum absolute atomic E-state index is 12.3. The Labute approximate surface area is 129 Å². The van der Waals surface area contributed by atoms with Crippen LogP contribution in [0.25, 0.3) is 0 Å². The number of halogens is 1. The molecule has 2 N–H and O–H groups in total. The third-order valence-electron chi connectivity index (χ3n) is 4.43. The molecule has 1 aromatic rings. The Hall–Kier alpha value is -1.17. The van der Waals surface area contributed by atoms with Crippen molar-refractivity contribution in [3.8, 4) is 0 Å². The molecule has 1 aromatic heterocycles. The summed E-state index contributed by atoms with van der Waals surface area (Å²) in [5.41, 5.74) is 0.495. The van der Waals surface area contributed by atoms with Crippen molar-refractivity contribution in [1.29, 1.82) is 0 Å². The zero-order valence-electron chi connectivity index (χ0n) is 11.8. The normalized spacial score (nSPS) is 29.7. The van der Waals surface area contributed by atoms with E-state index in [1.54, 1.807) is 6.07 Å². The highest BCUT2D eigenvalue weighted by Crippen LogP contribution is 2.27. The first-order chi connectivity index (χ1) is 10.1. The largest absolute Gasteiger partial charge is 0.392 e. The van der Waals surface area contributed by atoms with Crippen LogP contribution >= 0.6 is 11.6 Å². The van der Waals surface area contributed by atoms with E-state index in [1.165, 1.54) is 12.4 Å². The highest BCUT2D eigenvalue weighted by molar-refractivity contribution is 6.30. The maximum atomic E-state index is 12.3. The van der Waals surface area contributed by atoms with Gasteiger partial charge in [-0.3, -0.25) is 14.7 Å². The third kappa shape index (κ3) is 3.36. The molecule has 3 atom stereocenters. The molecule has 2 aliphatic rings. The summed E-state index contributed by atoms with van der Waals surface area (Å²) in [6.07, 6.45) is 6.82. The first kappa shape index (κ1) is 14.8. The van der Waals surface area contributed by atoms with Gasteiger partial charge in [-0.1, -0.05) is 11.6 Å². The van der Waals surface area contributed by atoms with Gasteiger partial charge >= 0.3 is 0 Å². The monoisotopic (exact) mass is 309 g/mol. The Kier molecular flexibility index (Phi) is 4.42. The van der Waals surface area contributed by atoms with Gasteiger partial charge in [0.15, 0.2) is 0 Å². The number of nitrogens with one attached hydrogen (secondary N) is 1. The minimum atomic E-state index is -0.223. The summed E-state index contributed by atoms with van der Waals surface area (Å²) in [4.78, 5) is 18.6. The topological polar surface area (TPSA) is 65.5 Å². The van der Waals surface area contributed by atoms with Gasteiger partial charge in [0, 0.05) is 37.6 Å². The van der Waals surface area contributed by atoms with Crippen LogP contribution in [0.4, 0.5) is 0 Å². The molecule has 1 aliphatic carbocycles. The second-order valence-corrected chi connectivity index (χ2v) is 6.34. The molecular formula is C15H20ClN3O2. The van der Waals surface area contributed by atoms with Gasteiger partial charge in [-0.2, -0.15) is 0 Å². The molecule has 0 bridgehead atoms. The van der Waals surface area contributed by atoms with Gasteiger partial charge in [0.25, 0.3) is 5.91 Å². The molecule has 0 radical (unpaired) electrons. The lowest BCUT2D eigenvalue weighted by Crippen LogP contribution is -2.48. The van der Waals surface area contributed by atoms with Gasteiger partial charge < -0.3 is 10.4 Å². The van der Waals surface area contributed by atoms with E-state index >= 15 is 0 Å². The molecule has 2 fully saturated rings. The molecule has 114 valence electrons. The number of hydrogen-bond acceptors (Lipinski definition) is 4. The second-order valence-electron chi connectivity index (χ2n) is 5.91. The summed E-state index contributed by atoms with van der Waals surface area (Å²) in [6.45, 7) is 1.63. The van der Waals surface area contributed by atoms with E-state index < -0.39 is 0 Å². The molecule has 2 heterocycles. The van der Waals surface area contributed by atoms with Crippen LogP contribution in [-0.4, -0.2) is 52.2 Å². The van der Waals surface area contributed by atoms with Crippen molar-refractivity contribution < 1.29 is 9.90 Å². The summed E-state index contributed by atoms with van der Waals surface area (Å²) in [5.74, 6) is -0.123. The van der Waals surface area contributed by atoms with Crippen LogP contribution < -0.4 is 5.32 Å². The first-order valence-corrected chi connectivity index (χ1v) is 7.85. The van der Waals surface area contributed by atoms with Crippen molar-refractivity contribution >= 4 is 17.5 Å². The molecule has 1 aliphatic heterocycles. The zero-order chi connectivity index (χ0) is 14.8. The van der Waals surface area contributed by atoms with Gasteiger partial charge in [-0.05, 0) is 31.7 Å². The quantitative estimate of drug-likeness (QED) is 0.887.